The van der Waals surface area contributed by atoms with Crippen LogP contribution in [0.3, 0.4) is 0 Å². The molecule has 0 aromatic heterocycles. The Balaban J connectivity index is 2.10. The van der Waals surface area contributed by atoms with Crippen molar-refractivity contribution in [3.05, 3.63) is 0 Å². The lowest BCUT2D eigenvalue weighted by molar-refractivity contribution is -0.144. The lowest BCUT2D eigenvalue weighted by Gasteiger charge is -2.29. The highest BCUT2D eigenvalue weighted by Crippen LogP contribution is 2.02. The van der Waals surface area contributed by atoms with E-state index in [0.29, 0.717) is 13.2 Å². The molecule has 1 heterocycles. The van der Waals surface area contributed by atoms with E-state index in [1.54, 1.807) is 0 Å². The number of aliphatic carboxylic acids is 1. The SMILES string of the molecule is CN1CCO[C@H](COCC(=O)O)C1. The lowest BCUT2D eigenvalue weighted by Crippen LogP contribution is -2.42. The van der Waals surface area contributed by atoms with Crippen LogP contribution in [0.25, 0.3) is 0 Å². The van der Waals surface area contributed by atoms with Gasteiger partial charge in [0.15, 0.2) is 0 Å². The summed E-state index contributed by atoms with van der Waals surface area (Å²) < 4.78 is 10.3. The van der Waals surface area contributed by atoms with Crippen molar-refractivity contribution in [1.82, 2.24) is 4.90 Å². The van der Waals surface area contributed by atoms with Crippen molar-refractivity contribution in [3.8, 4) is 0 Å². The summed E-state index contributed by atoms with van der Waals surface area (Å²) in [6, 6.07) is 0. The van der Waals surface area contributed by atoms with Gasteiger partial charge in [-0.25, -0.2) is 4.79 Å². The molecule has 0 aromatic carbocycles. The molecule has 13 heavy (non-hydrogen) atoms. The third kappa shape index (κ3) is 4.21. The van der Waals surface area contributed by atoms with Gasteiger partial charge in [-0.1, -0.05) is 0 Å². The van der Waals surface area contributed by atoms with E-state index < -0.39 is 5.97 Å². The maximum absolute atomic E-state index is 10.1. The van der Waals surface area contributed by atoms with Crippen LogP contribution >= 0.6 is 0 Å². The van der Waals surface area contributed by atoms with Crippen molar-refractivity contribution in [1.29, 1.82) is 0 Å². The summed E-state index contributed by atoms with van der Waals surface area (Å²) in [5.74, 6) is -0.941. The fourth-order valence-electron chi connectivity index (χ4n) is 1.25. The van der Waals surface area contributed by atoms with Crippen molar-refractivity contribution in [3.63, 3.8) is 0 Å². The van der Waals surface area contributed by atoms with E-state index >= 15 is 0 Å². The average molecular weight is 189 g/mol. The summed E-state index contributed by atoms with van der Waals surface area (Å²) >= 11 is 0. The molecule has 1 aliphatic rings. The minimum Gasteiger partial charge on any atom is -0.480 e. The third-order valence-corrected chi connectivity index (χ3v) is 1.87. The first kappa shape index (κ1) is 10.4. The molecular formula is C8H15NO4. The Morgan fingerprint density at radius 1 is 1.77 bits per heavy atom. The van der Waals surface area contributed by atoms with Crippen LogP contribution in [0.2, 0.25) is 0 Å². The monoisotopic (exact) mass is 189 g/mol. The second kappa shape index (κ2) is 5.16. The highest BCUT2D eigenvalue weighted by molar-refractivity contribution is 5.67. The second-order valence-corrected chi connectivity index (χ2v) is 3.16. The van der Waals surface area contributed by atoms with Gasteiger partial charge in [-0.05, 0) is 7.05 Å². The van der Waals surface area contributed by atoms with Crippen LogP contribution in [-0.2, 0) is 14.3 Å². The number of carboxylic acid groups (broad SMARTS) is 1. The van der Waals surface area contributed by atoms with Gasteiger partial charge in [0.1, 0.15) is 6.61 Å². The first-order valence-corrected chi connectivity index (χ1v) is 4.28. The molecule has 1 saturated heterocycles. The number of carbonyl (C=O) groups is 1. The summed E-state index contributed by atoms with van der Waals surface area (Å²) in [4.78, 5) is 12.3. The predicted octanol–water partition coefficient (Wildman–Crippen LogP) is -0.582. The first-order valence-electron chi connectivity index (χ1n) is 4.28. The van der Waals surface area contributed by atoms with Crippen LogP contribution < -0.4 is 0 Å². The third-order valence-electron chi connectivity index (χ3n) is 1.87. The Morgan fingerprint density at radius 2 is 2.54 bits per heavy atom. The molecule has 0 bridgehead atoms. The molecule has 1 N–H and O–H groups in total. The molecule has 5 nitrogen and oxygen atoms in total. The second-order valence-electron chi connectivity index (χ2n) is 3.16. The predicted molar refractivity (Wildman–Crippen MR) is 45.7 cm³/mol. The van der Waals surface area contributed by atoms with E-state index in [0.717, 1.165) is 13.1 Å². The molecule has 1 aliphatic heterocycles. The summed E-state index contributed by atoms with van der Waals surface area (Å²) in [6.45, 7) is 2.53. The topological polar surface area (TPSA) is 59.0 Å². The first-order chi connectivity index (χ1) is 6.18. The van der Waals surface area contributed by atoms with Crippen LogP contribution in [0.1, 0.15) is 0 Å². The lowest BCUT2D eigenvalue weighted by atomic mass is 10.3. The molecule has 0 saturated carbocycles. The van der Waals surface area contributed by atoms with Crippen LogP contribution in [0.5, 0.6) is 0 Å². The van der Waals surface area contributed by atoms with Crippen LogP contribution in [0, 0.1) is 0 Å². The highest BCUT2D eigenvalue weighted by atomic mass is 16.5. The maximum atomic E-state index is 10.1. The van der Waals surface area contributed by atoms with Gasteiger partial charge >= 0.3 is 5.97 Å². The van der Waals surface area contributed by atoms with E-state index in [4.69, 9.17) is 14.6 Å². The van der Waals surface area contributed by atoms with E-state index in [1.807, 2.05) is 7.05 Å². The number of ether oxygens (including phenoxy) is 2. The zero-order valence-corrected chi connectivity index (χ0v) is 7.73. The standard InChI is InChI=1S/C8H15NO4/c1-9-2-3-13-7(4-9)5-12-6-8(10)11/h7H,2-6H2,1H3,(H,10,11)/t7-/m0/s1. The van der Waals surface area contributed by atoms with Gasteiger partial charge in [0.25, 0.3) is 0 Å². The number of likely N-dealkylation sites (N-methyl/N-ethyl adjacent to an activating group) is 1. The minimum absolute atomic E-state index is 0.0121. The zero-order valence-electron chi connectivity index (χ0n) is 7.73. The van der Waals surface area contributed by atoms with Gasteiger partial charge < -0.3 is 19.5 Å². The Kier molecular flexibility index (Phi) is 4.14. The van der Waals surface area contributed by atoms with E-state index in [9.17, 15) is 4.79 Å². The number of hydrogen-bond acceptors (Lipinski definition) is 4. The molecule has 5 heteroatoms. The molecular weight excluding hydrogens is 174 g/mol. The molecule has 0 amide bonds. The van der Waals surface area contributed by atoms with E-state index in [-0.39, 0.29) is 12.7 Å². The quantitative estimate of drug-likeness (QED) is 0.641. The molecule has 76 valence electrons. The number of hydrogen-bond donors (Lipinski definition) is 1. The van der Waals surface area contributed by atoms with Gasteiger partial charge in [-0.3, -0.25) is 0 Å². The highest BCUT2D eigenvalue weighted by Gasteiger charge is 2.17. The molecule has 1 rings (SSSR count). The normalized spacial score (nSPS) is 24.5. The molecule has 0 spiro atoms. The van der Waals surface area contributed by atoms with Crippen LogP contribution in [0.4, 0.5) is 0 Å². The van der Waals surface area contributed by atoms with Crippen molar-refractivity contribution in [2.45, 2.75) is 6.10 Å². The van der Waals surface area contributed by atoms with Crippen molar-refractivity contribution in [2.24, 2.45) is 0 Å². The summed E-state index contributed by atoms with van der Waals surface area (Å²) in [5, 5.41) is 8.32. The average Bonchev–Trinajstić information content (AvgIpc) is 2.03. The van der Waals surface area contributed by atoms with E-state index in [1.165, 1.54) is 0 Å². The van der Waals surface area contributed by atoms with Gasteiger partial charge in [0.2, 0.25) is 0 Å². The van der Waals surface area contributed by atoms with E-state index in [2.05, 4.69) is 4.90 Å². The van der Waals surface area contributed by atoms with Crippen LogP contribution in [0.15, 0.2) is 0 Å². The van der Waals surface area contributed by atoms with Gasteiger partial charge in [0, 0.05) is 13.1 Å². The molecule has 0 aromatic rings. The molecule has 1 atom stereocenters. The van der Waals surface area contributed by atoms with Gasteiger partial charge in [0.05, 0.1) is 19.3 Å². The van der Waals surface area contributed by atoms with Gasteiger partial charge in [-0.15, -0.1) is 0 Å². The smallest absolute Gasteiger partial charge is 0.329 e. The minimum atomic E-state index is -0.941. The Morgan fingerprint density at radius 3 is 3.15 bits per heavy atom. The maximum Gasteiger partial charge on any atom is 0.329 e. The Hall–Kier alpha value is -0.650. The molecule has 1 fully saturated rings. The zero-order chi connectivity index (χ0) is 9.68. The number of carboxylic acids is 1. The molecule has 0 aliphatic carbocycles. The number of morpholine rings is 1. The van der Waals surface area contributed by atoms with Crippen molar-refractivity contribution in [2.75, 3.05) is 40.0 Å². The number of nitrogens with zero attached hydrogens (tertiary/aromatic N) is 1. The summed E-state index contributed by atoms with van der Waals surface area (Å²) in [7, 11) is 2.01. The van der Waals surface area contributed by atoms with Crippen LogP contribution in [-0.4, -0.2) is 62.0 Å². The Labute approximate surface area is 77.2 Å². The largest absolute Gasteiger partial charge is 0.480 e. The Bertz CT molecular complexity index is 174. The fraction of sp³-hybridized carbons (Fsp3) is 0.875. The van der Waals surface area contributed by atoms with Crippen molar-refractivity contribution >= 4 is 5.97 Å². The summed E-state index contributed by atoms with van der Waals surface area (Å²) in [5.41, 5.74) is 0. The van der Waals surface area contributed by atoms with Crippen molar-refractivity contribution < 1.29 is 19.4 Å². The van der Waals surface area contributed by atoms with Gasteiger partial charge in [-0.2, -0.15) is 0 Å². The number of rotatable bonds is 4. The fourth-order valence-corrected chi connectivity index (χ4v) is 1.25. The molecule has 0 unspecified atom stereocenters. The summed E-state index contributed by atoms with van der Waals surface area (Å²) in [6.07, 6.45) is 0.0121. The molecule has 0 radical (unpaired) electrons.